The molecule has 128 valence electrons. The van der Waals surface area contributed by atoms with Crippen molar-refractivity contribution in [2.24, 2.45) is 0 Å². The van der Waals surface area contributed by atoms with Crippen LogP contribution >= 0.6 is 23.1 Å². The van der Waals surface area contributed by atoms with Crippen molar-refractivity contribution >= 4 is 40.4 Å². The molecular formula is C15H12N4O4S2. The predicted octanol–water partition coefficient (Wildman–Crippen LogP) is 3.83. The second kappa shape index (κ2) is 7.45. The summed E-state index contributed by atoms with van der Waals surface area (Å²) in [5.74, 6) is -0.000945. The molecule has 0 fully saturated rings. The lowest BCUT2D eigenvalue weighted by Gasteiger charge is -2.09. The highest BCUT2D eigenvalue weighted by Crippen LogP contribution is 2.29. The number of thiophene rings is 1. The van der Waals surface area contributed by atoms with Gasteiger partial charge in [0.05, 0.1) is 15.1 Å². The zero-order valence-corrected chi connectivity index (χ0v) is 14.5. The van der Waals surface area contributed by atoms with Gasteiger partial charge in [0.25, 0.3) is 16.8 Å². The van der Waals surface area contributed by atoms with E-state index in [0.29, 0.717) is 5.89 Å². The van der Waals surface area contributed by atoms with Crippen molar-refractivity contribution in [1.29, 1.82) is 0 Å². The van der Waals surface area contributed by atoms with Gasteiger partial charge in [0, 0.05) is 6.07 Å². The van der Waals surface area contributed by atoms with Gasteiger partial charge >= 0.3 is 0 Å². The van der Waals surface area contributed by atoms with Gasteiger partial charge in [-0.2, -0.15) is 0 Å². The summed E-state index contributed by atoms with van der Waals surface area (Å²) in [5, 5.41) is 23.0. The average molecular weight is 376 g/mol. The Bertz CT molecular complexity index is 895. The summed E-state index contributed by atoms with van der Waals surface area (Å²) in [4.78, 5) is 23.6. The van der Waals surface area contributed by atoms with Crippen LogP contribution in [0.4, 0.5) is 11.4 Å². The van der Waals surface area contributed by atoms with Crippen LogP contribution < -0.4 is 5.32 Å². The van der Waals surface area contributed by atoms with Crippen LogP contribution in [0.2, 0.25) is 0 Å². The molecule has 0 saturated heterocycles. The Balaban J connectivity index is 1.66. The molecule has 0 unspecified atom stereocenters. The maximum Gasteiger partial charge on any atom is 0.292 e. The Morgan fingerprint density at radius 2 is 2.12 bits per heavy atom. The van der Waals surface area contributed by atoms with Crippen molar-refractivity contribution < 1.29 is 14.1 Å². The molecule has 1 N–H and O–H groups in total. The fraction of sp³-hybridized carbons (Fsp3) is 0.133. The number of hydrogen-bond acceptors (Lipinski definition) is 8. The maximum absolute atomic E-state index is 12.3. The van der Waals surface area contributed by atoms with Gasteiger partial charge in [0.2, 0.25) is 5.91 Å². The molecule has 3 rings (SSSR count). The number of anilines is 1. The van der Waals surface area contributed by atoms with Crippen molar-refractivity contribution in [3.05, 3.63) is 51.9 Å². The topological polar surface area (TPSA) is 111 Å². The number of nitrogens with zero attached hydrogens (tertiary/aromatic N) is 3. The lowest BCUT2D eigenvalue weighted by atomic mass is 10.2. The molecule has 2 aromatic heterocycles. The summed E-state index contributed by atoms with van der Waals surface area (Å²) in [6.07, 6.45) is 0. The Morgan fingerprint density at radius 1 is 1.32 bits per heavy atom. The number of para-hydroxylation sites is 2. The number of thioether (sulfide) groups is 1. The van der Waals surface area contributed by atoms with Gasteiger partial charge in [-0.25, -0.2) is 0 Å². The molecule has 3 aromatic rings. The van der Waals surface area contributed by atoms with E-state index in [0.717, 1.165) is 16.6 Å². The lowest BCUT2D eigenvalue weighted by molar-refractivity contribution is -0.383. The zero-order chi connectivity index (χ0) is 17.8. The molecule has 1 aromatic carbocycles. The number of nitro benzene ring substituents is 1. The summed E-state index contributed by atoms with van der Waals surface area (Å²) in [7, 11) is 0. The molecule has 1 amide bonds. The Hall–Kier alpha value is -2.72. The van der Waals surface area contributed by atoms with E-state index in [-0.39, 0.29) is 16.6 Å². The van der Waals surface area contributed by atoms with E-state index in [1.165, 1.54) is 29.5 Å². The molecule has 1 atom stereocenters. The lowest BCUT2D eigenvalue weighted by Crippen LogP contribution is -2.22. The summed E-state index contributed by atoms with van der Waals surface area (Å²) in [6, 6.07) is 9.70. The normalized spacial score (nSPS) is 11.9. The predicted molar refractivity (Wildman–Crippen MR) is 94.7 cm³/mol. The molecule has 0 aliphatic carbocycles. The number of carbonyl (C=O) groups is 1. The summed E-state index contributed by atoms with van der Waals surface area (Å²) >= 11 is 2.56. The van der Waals surface area contributed by atoms with Crippen LogP contribution in [0.25, 0.3) is 10.8 Å². The third-order valence-electron chi connectivity index (χ3n) is 3.14. The number of benzene rings is 1. The number of amides is 1. The SMILES string of the molecule is C[C@@H](Sc1nnc(-c2cccs2)o1)C(=O)Nc1ccccc1[N+](=O)[O-]. The van der Waals surface area contributed by atoms with Crippen LogP contribution in [0.3, 0.4) is 0 Å². The van der Waals surface area contributed by atoms with E-state index in [9.17, 15) is 14.9 Å². The van der Waals surface area contributed by atoms with Crippen molar-refractivity contribution in [3.8, 4) is 10.8 Å². The van der Waals surface area contributed by atoms with E-state index in [4.69, 9.17) is 4.42 Å². The molecule has 0 bridgehead atoms. The first-order valence-electron chi connectivity index (χ1n) is 7.13. The number of hydrogen-bond donors (Lipinski definition) is 1. The number of rotatable bonds is 6. The zero-order valence-electron chi connectivity index (χ0n) is 12.9. The van der Waals surface area contributed by atoms with Crippen LogP contribution in [-0.2, 0) is 4.79 Å². The van der Waals surface area contributed by atoms with Crippen LogP contribution in [0.1, 0.15) is 6.92 Å². The minimum atomic E-state index is -0.573. The molecule has 0 radical (unpaired) electrons. The second-order valence-corrected chi connectivity index (χ2v) is 7.11. The van der Waals surface area contributed by atoms with Gasteiger partial charge in [0.15, 0.2) is 0 Å². The van der Waals surface area contributed by atoms with E-state index in [1.807, 2.05) is 17.5 Å². The summed E-state index contributed by atoms with van der Waals surface area (Å²) in [5.41, 5.74) is -0.0134. The van der Waals surface area contributed by atoms with Crippen molar-refractivity contribution in [3.63, 3.8) is 0 Å². The molecule has 8 nitrogen and oxygen atoms in total. The second-order valence-electron chi connectivity index (χ2n) is 4.87. The summed E-state index contributed by atoms with van der Waals surface area (Å²) < 4.78 is 5.52. The van der Waals surface area contributed by atoms with E-state index < -0.39 is 16.1 Å². The van der Waals surface area contributed by atoms with Crippen LogP contribution in [0.15, 0.2) is 51.4 Å². The molecule has 10 heteroatoms. The maximum atomic E-state index is 12.3. The van der Waals surface area contributed by atoms with Crippen LogP contribution in [0, 0.1) is 10.1 Å². The molecular weight excluding hydrogens is 364 g/mol. The molecule has 0 aliphatic rings. The van der Waals surface area contributed by atoms with Gasteiger partial charge in [-0.15, -0.1) is 21.5 Å². The van der Waals surface area contributed by atoms with Crippen molar-refractivity contribution in [2.45, 2.75) is 17.4 Å². The standard InChI is InChI=1S/C15H12N4O4S2/c1-9(13(20)16-10-5-2-3-6-11(10)19(21)22)25-15-18-17-14(23-15)12-7-4-8-24-12/h2-9H,1H3,(H,16,20)/t9-/m1/s1. The third-order valence-corrected chi connectivity index (χ3v) is 4.94. The van der Waals surface area contributed by atoms with Crippen molar-refractivity contribution in [2.75, 3.05) is 5.32 Å². The highest BCUT2D eigenvalue weighted by atomic mass is 32.2. The Morgan fingerprint density at radius 3 is 2.84 bits per heavy atom. The Labute approximate surface area is 150 Å². The van der Waals surface area contributed by atoms with Crippen LogP contribution in [-0.4, -0.2) is 26.3 Å². The molecule has 0 saturated carbocycles. The van der Waals surface area contributed by atoms with E-state index >= 15 is 0 Å². The molecule has 0 aliphatic heterocycles. The Kier molecular flexibility index (Phi) is 5.10. The van der Waals surface area contributed by atoms with Gasteiger partial charge in [-0.05, 0) is 24.4 Å². The first kappa shape index (κ1) is 17.1. The number of nitrogens with one attached hydrogen (secondary N) is 1. The highest BCUT2D eigenvalue weighted by molar-refractivity contribution is 8.00. The third kappa shape index (κ3) is 4.03. The number of nitro groups is 1. The van der Waals surface area contributed by atoms with Gasteiger partial charge in [-0.3, -0.25) is 14.9 Å². The van der Waals surface area contributed by atoms with Crippen molar-refractivity contribution in [1.82, 2.24) is 10.2 Å². The number of aromatic nitrogens is 2. The van der Waals surface area contributed by atoms with Gasteiger partial charge in [-0.1, -0.05) is 30.0 Å². The fourth-order valence-corrected chi connectivity index (χ4v) is 3.26. The van der Waals surface area contributed by atoms with Gasteiger partial charge < -0.3 is 9.73 Å². The smallest absolute Gasteiger partial charge is 0.292 e. The van der Waals surface area contributed by atoms with E-state index in [2.05, 4.69) is 15.5 Å². The largest absolute Gasteiger partial charge is 0.410 e. The molecule has 2 heterocycles. The molecule has 0 spiro atoms. The first-order valence-corrected chi connectivity index (χ1v) is 8.89. The summed E-state index contributed by atoms with van der Waals surface area (Å²) in [6.45, 7) is 1.66. The fourth-order valence-electron chi connectivity index (χ4n) is 1.93. The monoisotopic (exact) mass is 376 g/mol. The average Bonchev–Trinajstić information content (AvgIpc) is 3.26. The first-order chi connectivity index (χ1) is 12.0. The molecule has 25 heavy (non-hydrogen) atoms. The van der Waals surface area contributed by atoms with Gasteiger partial charge in [0.1, 0.15) is 5.69 Å². The minimum absolute atomic E-state index is 0.148. The number of carbonyl (C=O) groups excluding carboxylic acids is 1. The quantitative estimate of drug-likeness (QED) is 0.395. The van der Waals surface area contributed by atoms with Crippen LogP contribution in [0.5, 0.6) is 0 Å². The highest BCUT2D eigenvalue weighted by Gasteiger charge is 2.22. The minimum Gasteiger partial charge on any atom is -0.410 e. The van der Waals surface area contributed by atoms with E-state index in [1.54, 1.807) is 13.0 Å².